The molecule has 0 spiro atoms. The van der Waals surface area contributed by atoms with Crippen LogP contribution >= 0.6 is 11.6 Å². The number of hydrogen-bond donors (Lipinski definition) is 3. The van der Waals surface area contributed by atoms with Gasteiger partial charge in [-0.05, 0) is 35.7 Å². The van der Waals surface area contributed by atoms with E-state index in [0.29, 0.717) is 17.1 Å². The number of oxime groups is 1. The minimum atomic E-state index is 0.0452. The highest BCUT2D eigenvalue weighted by Gasteiger charge is 2.05. The average molecular weight is 305 g/mol. The van der Waals surface area contributed by atoms with E-state index in [1.165, 1.54) is 5.56 Å². The third-order valence-corrected chi connectivity index (χ3v) is 3.58. The molecule has 0 aliphatic rings. The number of halogens is 1. The van der Waals surface area contributed by atoms with Crippen molar-refractivity contribution in [2.45, 2.75) is 20.0 Å². The topological polar surface area (TPSA) is 83.5 Å². The second kappa shape index (κ2) is 7.06. The van der Waals surface area contributed by atoms with Gasteiger partial charge in [-0.15, -0.1) is 0 Å². The molecule has 6 heteroatoms. The Morgan fingerprint density at radius 2 is 2.10 bits per heavy atom. The van der Waals surface area contributed by atoms with Crippen molar-refractivity contribution in [1.82, 2.24) is 10.3 Å². The molecule has 0 unspecified atom stereocenters. The molecule has 0 radical (unpaired) electrons. The zero-order chi connectivity index (χ0) is 15.2. The molecule has 0 saturated heterocycles. The molecule has 5 nitrogen and oxygen atoms in total. The molecule has 0 saturated carbocycles. The van der Waals surface area contributed by atoms with Gasteiger partial charge in [-0.2, -0.15) is 0 Å². The number of nitrogens with zero attached hydrogens (tertiary/aromatic N) is 2. The maximum Gasteiger partial charge on any atom is 0.170 e. The van der Waals surface area contributed by atoms with Crippen LogP contribution in [0.25, 0.3) is 0 Å². The van der Waals surface area contributed by atoms with Crippen LogP contribution < -0.4 is 11.1 Å². The van der Waals surface area contributed by atoms with Crippen molar-refractivity contribution in [3.63, 3.8) is 0 Å². The summed E-state index contributed by atoms with van der Waals surface area (Å²) in [7, 11) is 0. The van der Waals surface area contributed by atoms with Crippen LogP contribution in [-0.2, 0) is 13.1 Å². The Hall–Kier alpha value is -2.11. The van der Waals surface area contributed by atoms with Crippen LogP contribution in [0, 0.1) is 6.92 Å². The molecule has 0 atom stereocenters. The van der Waals surface area contributed by atoms with E-state index in [1.54, 1.807) is 18.3 Å². The highest BCUT2D eigenvalue weighted by molar-refractivity contribution is 6.31. The zero-order valence-electron chi connectivity index (χ0n) is 11.7. The molecule has 110 valence electrons. The number of nitrogens with two attached hydrogens (primary N) is 1. The molecule has 0 aliphatic heterocycles. The van der Waals surface area contributed by atoms with E-state index in [-0.39, 0.29) is 5.84 Å². The summed E-state index contributed by atoms with van der Waals surface area (Å²) in [5.74, 6) is 0.0452. The highest BCUT2D eigenvalue weighted by Crippen LogP contribution is 2.18. The number of aryl methyl sites for hydroxylation is 1. The van der Waals surface area contributed by atoms with Crippen molar-refractivity contribution in [2.75, 3.05) is 0 Å². The lowest BCUT2D eigenvalue weighted by molar-refractivity contribution is 0.318. The Morgan fingerprint density at radius 1 is 1.33 bits per heavy atom. The van der Waals surface area contributed by atoms with Gasteiger partial charge in [-0.25, -0.2) is 0 Å². The van der Waals surface area contributed by atoms with E-state index >= 15 is 0 Å². The average Bonchev–Trinajstić information content (AvgIpc) is 2.50. The van der Waals surface area contributed by atoms with Gasteiger partial charge >= 0.3 is 0 Å². The first-order valence-electron chi connectivity index (χ1n) is 6.48. The maximum absolute atomic E-state index is 8.64. The van der Waals surface area contributed by atoms with Gasteiger partial charge < -0.3 is 16.3 Å². The Balaban J connectivity index is 1.99. The summed E-state index contributed by atoms with van der Waals surface area (Å²) in [6.45, 7) is 3.41. The minimum absolute atomic E-state index is 0.0452. The second-order valence-electron chi connectivity index (χ2n) is 4.70. The first-order chi connectivity index (χ1) is 10.1. The lowest BCUT2D eigenvalue weighted by atomic mass is 10.1. The lowest BCUT2D eigenvalue weighted by Gasteiger charge is -2.09. The molecule has 0 fully saturated rings. The highest BCUT2D eigenvalue weighted by atomic mass is 35.5. The van der Waals surface area contributed by atoms with E-state index < -0.39 is 0 Å². The predicted octanol–water partition coefficient (Wildman–Crippen LogP) is 2.43. The zero-order valence-corrected chi connectivity index (χ0v) is 12.4. The van der Waals surface area contributed by atoms with Crippen molar-refractivity contribution >= 4 is 17.4 Å². The molecule has 1 aromatic carbocycles. The van der Waals surface area contributed by atoms with Gasteiger partial charge in [0.2, 0.25) is 0 Å². The van der Waals surface area contributed by atoms with Gasteiger partial charge in [-0.1, -0.05) is 28.9 Å². The summed E-state index contributed by atoms with van der Waals surface area (Å²) in [6.07, 6.45) is 3.62. The van der Waals surface area contributed by atoms with Gasteiger partial charge in [0.1, 0.15) is 0 Å². The molecule has 2 rings (SSSR count). The summed E-state index contributed by atoms with van der Waals surface area (Å²) in [5.41, 5.74) is 9.43. The van der Waals surface area contributed by atoms with Crippen molar-refractivity contribution in [3.05, 3.63) is 63.9 Å². The molecule has 2 aromatic rings. The van der Waals surface area contributed by atoms with Gasteiger partial charge in [0.25, 0.3) is 0 Å². The van der Waals surface area contributed by atoms with Crippen LogP contribution in [0.1, 0.15) is 22.3 Å². The molecule has 0 amide bonds. The van der Waals surface area contributed by atoms with Gasteiger partial charge in [0, 0.05) is 36.1 Å². The summed E-state index contributed by atoms with van der Waals surface area (Å²) < 4.78 is 0. The first-order valence-corrected chi connectivity index (χ1v) is 6.86. The van der Waals surface area contributed by atoms with E-state index in [1.807, 2.05) is 25.3 Å². The molecule has 21 heavy (non-hydrogen) atoms. The Bertz CT molecular complexity index is 658. The van der Waals surface area contributed by atoms with E-state index in [0.717, 1.165) is 17.7 Å². The molecular formula is C15H17ClN4O. The smallest absolute Gasteiger partial charge is 0.170 e. The predicted molar refractivity (Wildman–Crippen MR) is 83.5 cm³/mol. The first kappa shape index (κ1) is 15.3. The van der Waals surface area contributed by atoms with Crippen molar-refractivity contribution in [2.24, 2.45) is 10.9 Å². The second-order valence-corrected chi connectivity index (χ2v) is 5.10. The number of amidine groups is 1. The summed E-state index contributed by atoms with van der Waals surface area (Å²) in [5, 5.41) is 15.5. The summed E-state index contributed by atoms with van der Waals surface area (Å²) in [6, 6.07) is 7.31. The minimum Gasteiger partial charge on any atom is -0.409 e. The van der Waals surface area contributed by atoms with Crippen molar-refractivity contribution in [1.29, 1.82) is 0 Å². The fourth-order valence-corrected chi connectivity index (χ4v) is 2.19. The van der Waals surface area contributed by atoms with Crippen molar-refractivity contribution in [3.8, 4) is 0 Å². The maximum atomic E-state index is 8.64. The lowest BCUT2D eigenvalue weighted by Crippen LogP contribution is -2.15. The molecule has 1 aromatic heterocycles. The monoisotopic (exact) mass is 304 g/mol. The van der Waals surface area contributed by atoms with Crippen LogP contribution in [0.2, 0.25) is 5.02 Å². The third-order valence-electron chi connectivity index (χ3n) is 3.22. The van der Waals surface area contributed by atoms with Crippen molar-refractivity contribution < 1.29 is 5.21 Å². The molecule has 0 bridgehead atoms. The SMILES string of the molecule is Cc1cnccc1CNCc1ccc(/C(N)=N/O)cc1Cl. The van der Waals surface area contributed by atoms with Crippen LogP contribution in [0.4, 0.5) is 0 Å². The fraction of sp³-hybridized carbons (Fsp3) is 0.200. The standard InChI is InChI=1S/C15H17ClN4O/c1-10-7-18-5-4-12(10)8-19-9-13-3-2-11(6-14(13)16)15(17)20-21/h2-7,19,21H,8-9H2,1H3,(H2,17,20). The van der Waals surface area contributed by atoms with Gasteiger partial charge in [-0.3, -0.25) is 4.98 Å². The number of hydrogen-bond acceptors (Lipinski definition) is 4. The van der Waals surface area contributed by atoms with Gasteiger partial charge in [0.15, 0.2) is 5.84 Å². The van der Waals surface area contributed by atoms with Gasteiger partial charge in [0.05, 0.1) is 0 Å². The van der Waals surface area contributed by atoms with Crippen LogP contribution in [0.15, 0.2) is 41.8 Å². The fourth-order valence-electron chi connectivity index (χ4n) is 1.94. The molecule has 4 N–H and O–H groups in total. The van der Waals surface area contributed by atoms with E-state index in [9.17, 15) is 0 Å². The molecule has 0 aliphatic carbocycles. The van der Waals surface area contributed by atoms with Crippen LogP contribution in [0.5, 0.6) is 0 Å². The molecular weight excluding hydrogens is 288 g/mol. The Labute approximate surface area is 128 Å². The Morgan fingerprint density at radius 3 is 2.76 bits per heavy atom. The third kappa shape index (κ3) is 3.93. The largest absolute Gasteiger partial charge is 0.409 e. The number of aromatic nitrogens is 1. The normalized spacial score (nSPS) is 11.6. The summed E-state index contributed by atoms with van der Waals surface area (Å²) in [4.78, 5) is 4.07. The Kier molecular flexibility index (Phi) is 5.14. The number of benzene rings is 1. The number of rotatable bonds is 5. The summed E-state index contributed by atoms with van der Waals surface area (Å²) >= 11 is 6.20. The number of pyridine rings is 1. The molecule has 1 heterocycles. The number of nitrogens with one attached hydrogen (secondary N) is 1. The van der Waals surface area contributed by atoms with Crippen LogP contribution in [0.3, 0.4) is 0 Å². The van der Waals surface area contributed by atoms with E-state index in [4.69, 9.17) is 22.5 Å². The van der Waals surface area contributed by atoms with E-state index in [2.05, 4.69) is 15.5 Å². The van der Waals surface area contributed by atoms with Crippen LogP contribution in [-0.4, -0.2) is 16.0 Å². The quantitative estimate of drug-likeness (QED) is 0.343.